The van der Waals surface area contributed by atoms with E-state index < -0.39 is 0 Å². The molecule has 3 nitrogen and oxygen atoms in total. The van der Waals surface area contributed by atoms with Crippen molar-refractivity contribution in [2.45, 2.75) is 13.8 Å². The van der Waals surface area contributed by atoms with Gasteiger partial charge in [0.15, 0.2) is 0 Å². The number of carbonyl (C=O) groups excluding carboxylic acids is 1. The van der Waals surface area contributed by atoms with Crippen molar-refractivity contribution in [3.05, 3.63) is 58.7 Å². The summed E-state index contributed by atoms with van der Waals surface area (Å²) < 4.78 is 0. The lowest BCUT2D eigenvalue weighted by molar-refractivity contribution is -0.112. The van der Waals surface area contributed by atoms with Crippen LogP contribution in [0.15, 0.2) is 36.4 Å². The van der Waals surface area contributed by atoms with Crippen molar-refractivity contribution in [3.8, 4) is 5.75 Å². The van der Waals surface area contributed by atoms with Gasteiger partial charge < -0.3 is 10.0 Å². The highest BCUT2D eigenvalue weighted by atomic mass is 16.3. The molecule has 1 N–H and O–H groups in total. The summed E-state index contributed by atoms with van der Waals surface area (Å²) in [6, 6.07) is 11.6. The molecule has 1 aliphatic heterocycles. The number of para-hydroxylation sites is 1. The number of anilines is 1. The minimum absolute atomic E-state index is 0.000388. The Morgan fingerprint density at radius 3 is 2.38 bits per heavy atom. The van der Waals surface area contributed by atoms with Gasteiger partial charge in [0.2, 0.25) is 0 Å². The maximum Gasteiger partial charge on any atom is 0.258 e. The van der Waals surface area contributed by atoms with Crippen molar-refractivity contribution in [3.63, 3.8) is 0 Å². The third kappa shape index (κ3) is 2.11. The molecule has 2 aromatic carbocycles. The largest absolute Gasteiger partial charge is 0.507 e. The molecule has 0 aromatic heterocycles. The second-order valence-corrected chi connectivity index (χ2v) is 5.44. The van der Waals surface area contributed by atoms with Crippen molar-refractivity contribution >= 4 is 23.2 Å². The maximum atomic E-state index is 12.4. The first-order chi connectivity index (χ1) is 9.99. The molecule has 1 heterocycles. The second kappa shape index (κ2) is 4.77. The number of rotatable bonds is 1. The van der Waals surface area contributed by atoms with E-state index in [1.54, 1.807) is 11.9 Å². The van der Waals surface area contributed by atoms with E-state index in [0.717, 1.165) is 27.9 Å². The van der Waals surface area contributed by atoms with Crippen LogP contribution < -0.4 is 4.90 Å². The molecule has 0 spiro atoms. The summed E-state index contributed by atoms with van der Waals surface area (Å²) in [5.74, 6) is 0.312. The Hall–Kier alpha value is -2.55. The van der Waals surface area contributed by atoms with Gasteiger partial charge in [-0.15, -0.1) is 0 Å². The molecule has 0 saturated heterocycles. The molecule has 2 aromatic rings. The molecule has 0 radical (unpaired) electrons. The van der Waals surface area contributed by atoms with Gasteiger partial charge in [-0.2, -0.15) is 0 Å². The number of amides is 1. The van der Waals surface area contributed by atoms with Gasteiger partial charge in [-0.25, -0.2) is 0 Å². The van der Waals surface area contributed by atoms with Gasteiger partial charge in [-0.1, -0.05) is 18.2 Å². The second-order valence-electron chi connectivity index (χ2n) is 5.44. The summed E-state index contributed by atoms with van der Waals surface area (Å²) in [5, 5.41) is 9.85. The number of hydrogen-bond donors (Lipinski definition) is 1. The summed E-state index contributed by atoms with van der Waals surface area (Å²) in [6.45, 7) is 3.72. The monoisotopic (exact) mass is 279 g/mol. The van der Waals surface area contributed by atoms with E-state index in [0.29, 0.717) is 11.3 Å². The lowest BCUT2D eigenvalue weighted by Crippen LogP contribution is -2.20. The minimum Gasteiger partial charge on any atom is -0.507 e. The molecule has 0 fully saturated rings. The van der Waals surface area contributed by atoms with Gasteiger partial charge in [0.1, 0.15) is 5.75 Å². The number of aromatic hydroxyl groups is 1. The highest BCUT2D eigenvalue weighted by molar-refractivity contribution is 6.35. The van der Waals surface area contributed by atoms with E-state index in [1.165, 1.54) is 0 Å². The highest BCUT2D eigenvalue weighted by Gasteiger charge is 2.28. The Labute approximate surface area is 124 Å². The van der Waals surface area contributed by atoms with E-state index >= 15 is 0 Å². The van der Waals surface area contributed by atoms with Crippen LogP contribution in [0.3, 0.4) is 0 Å². The third-order valence-corrected chi connectivity index (χ3v) is 3.92. The summed E-state index contributed by atoms with van der Waals surface area (Å²) in [6.07, 6.45) is 1.89. The predicted octanol–water partition coefficient (Wildman–Crippen LogP) is 3.53. The molecule has 106 valence electrons. The smallest absolute Gasteiger partial charge is 0.258 e. The molecule has 21 heavy (non-hydrogen) atoms. The number of aryl methyl sites for hydroxylation is 2. The van der Waals surface area contributed by atoms with Crippen LogP contribution in [-0.4, -0.2) is 18.1 Å². The lowest BCUT2D eigenvalue weighted by Gasteiger charge is -2.08. The first kappa shape index (κ1) is 13.4. The lowest BCUT2D eigenvalue weighted by atomic mass is 10.0. The van der Waals surface area contributed by atoms with Crippen molar-refractivity contribution in [1.29, 1.82) is 0 Å². The Kier molecular flexibility index (Phi) is 3.05. The van der Waals surface area contributed by atoms with Crippen LogP contribution in [0.25, 0.3) is 11.6 Å². The van der Waals surface area contributed by atoms with E-state index in [1.807, 2.05) is 56.3 Å². The van der Waals surface area contributed by atoms with Gasteiger partial charge in [0, 0.05) is 18.2 Å². The Balaban J connectivity index is 2.14. The third-order valence-electron chi connectivity index (χ3n) is 3.92. The standard InChI is InChI=1S/C18H17NO2/c1-11-8-13(9-12(2)17(11)20)10-15-14-6-4-5-7-16(14)19(3)18(15)21/h4-10,20H,1-3H3. The number of carbonyl (C=O) groups is 1. The molecule has 1 aliphatic rings. The van der Waals surface area contributed by atoms with Gasteiger partial charge in [0.05, 0.1) is 5.69 Å². The maximum absolute atomic E-state index is 12.4. The Morgan fingerprint density at radius 2 is 1.71 bits per heavy atom. The molecular formula is C18H17NO2. The summed E-state index contributed by atoms with van der Waals surface area (Å²) in [4.78, 5) is 14.1. The summed E-state index contributed by atoms with van der Waals surface area (Å²) in [7, 11) is 1.79. The fraction of sp³-hybridized carbons (Fsp3) is 0.167. The molecule has 0 aliphatic carbocycles. The van der Waals surface area contributed by atoms with E-state index in [4.69, 9.17) is 0 Å². The SMILES string of the molecule is Cc1cc(C=C2C(=O)N(C)c3ccccc32)cc(C)c1O. The molecule has 0 saturated carbocycles. The quantitative estimate of drug-likeness (QED) is 0.811. The fourth-order valence-electron chi connectivity index (χ4n) is 2.78. The van der Waals surface area contributed by atoms with Crippen molar-refractivity contribution < 1.29 is 9.90 Å². The molecule has 3 rings (SSSR count). The first-order valence-corrected chi connectivity index (χ1v) is 6.88. The van der Waals surface area contributed by atoms with E-state index in [9.17, 15) is 9.90 Å². The minimum atomic E-state index is -0.000388. The van der Waals surface area contributed by atoms with Gasteiger partial charge in [0.25, 0.3) is 5.91 Å². The molecule has 1 amide bonds. The van der Waals surface area contributed by atoms with Gasteiger partial charge in [-0.3, -0.25) is 4.79 Å². The Morgan fingerprint density at radius 1 is 1.10 bits per heavy atom. The topological polar surface area (TPSA) is 40.5 Å². The number of fused-ring (bicyclic) bond motifs is 1. The van der Waals surface area contributed by atoms with E-state index in [2.05, 4.69) is 0 Å². The van der Waals surface area contributed by atoms with Crippen LogP contribution in [-0.2, 0) is 4.79 Å². The first-order valence-electron chi connectivity index (χ1n) is 6.88. The van der Waals surface area contributed by atoms with Crippen molar-refractivity contribution in [2.75, 3.05) is 11.9 Å². The van der Waals surface area contributed by atoms with Crippen LogP contribution in [0.1, 0.15) is 22.3 Å². The molecule has 0 bridgehead atoms. The predicted molar refractivity (Wildman–Crippen MR) is 85.3 cm³/mol. The average Bonchev–Trinajstić information content (AvgIpc) is 2.70. The number of phenolic OH excluding ortho intramolecular Hbond substituents is 1. The van der Waals surface area contributed by atoms with Crippen molar-refractivity contribution in [1.82, 2.24) is 0 Å². The fourth-order valence-corrected chi connectivity index (χ4v) is 2.78. The number of phenols is 1. The zero-order valence-electron chi connectivity index (χ0n) is 12.3. The zero-order chi connectivity index (χ0) is 15.1. The number of nitrogens with zero attached hydrogens (tertiary/aromatic N) is 1. The van der Waals surface area contributed by atoms with Gasteiger partial charge in [-0.05, 0) is 54.8 Å². The van der Waals surface area contributed by atoms with Crippen LogP contribution >= 0.6 is 0 Å². The van der Waals surface area contributed by atoms with Crippen molar-refractivity contribution in [2.24, 2.45) is 0 Å². The van der Waals surface area contributed by atoms with Crippen LogP contribution in [0.5, 0.6) is 5.75 Å². The van der Waals surface area contributed by atoms with Crippen LogP contribution in [0.4, 0.5) is 5.69 Å². The molecular weight excluding hydrogens is 262 g/mol. The zero-order valence-corrected chi connectivity index (χ0v) is 12.3. The number of benzene rings is 2. The summed E-state index contributed by atoms with van der Waals surface area (Å²) in [5.41, 5.74) is 5.13. The van der Waals surface area contributed by atoms with E-state index in [-0.39, 0.29) is 5.91 Å². The number of hydrogen-bond acceptors (Lipinski definition) is 2. The van der Waals surface area contributed by atoms with Crippen LogP contribution in [0.2, 0.25) is 0 Å². The highest BCUT2D eigenvalue weighted by Crippen LogP contribution is 2.37. The van der Waals surface area contributed by atoms with Crippen LogP contribution in [0, 0.1) is 13.8 Å². The summed E-state index contributed by atoms with van der Waals surface area (Å²) >= 11 is 0. The number of likely N-dealkylation sites (N-methyl/N-ethyl adjacent to an activating group) is 1. The molecule has 0 atom stereocenters. The average molecular weight is 279 g/mol. The molecule has 3 heteroatoms. The Bertz CT molecular complexity index is 752. The molecule has 0 unspecified atom stereocenters. The normalized spacial score (nSPS) is 15.7. The van der Waals surface area contributed by atoms with Gasteiger partial charge >= 0.3 is 0 Å².